The smallest absolute Gasteiger partial charge is 0.268 e. The molecule has 0 saturated carbocycles. The van der Waals surface area contributed by atoms with E-state index in [4.69, 9.17) is 24.9 Å². The van der Waals surface area contributed by atoms with E-state index in [2.05, 4.69) is 0 Å². The molecule has 0 bridgehead atoms. The lowest BCUT2D eigenvalue weighted by atomic mass is 10.2. The molecule has 0 unspecified atom stereocenters. The second kappa shape index (κ2) is 11.1. The molecule has 0 amide bonds. The minimum absolute atomic E-state index is 0.0185. The Balaban J connectivity index is 1.50. The van der Waals surface area contributed by atoms with E-state index in [1.54, 1.807) is 36.4 Å². The van der Waals surface area contributed by atoms with E-state index < -0.39 is 0 Å². The second-order valence-electron chi connectivity index (χ2n) is 10.5. The van der Waals surface area contributed by atoms with Crippen LogP contribution in [-0.4, -0.2) is 34.1 Å². The van der Waals surface area contributed by atoms with E-state index in [1.807, 2.05) is 103 Å². The highest BCUT2D eigenvalue weighted by Gasteiger charge is 2.22. The number of hydrogen-bond acceptors (Lipinski definition) is 7. The Bertz CT molecular complexity index is 2360. The molecule has 9 heteroatoms. The molecule has 0 fully saturated rings. The van der Waals surface area contributed by atoms with Gasteiger partial charge in [0.25, 0.3) is 11.1 Å². The van der Waals surface area contributed by atoms with Crippen LogP contribution in [0.1, 0.15) is 0 Å². The van der Waals surface area contributed by atoms with Gasteiger partial charge in [0.1, 0.15) is 0 Å². The van der Waals surface area contributed by atoms with Gasteiger partial charge in [-0.15, -0.1) is 0 Å². The van der Waals surface area contributed by atoms with Gasteiger partial charge in [-0.3, -0.25) is 9.59 Å². The zero-order valence-corrected chi connectivity index (χ0v) is 24.2. The first kappa shape index (κ1) is 27.0. The average molecular weight is 598 g/mol. The van der Waals surface area contributed by atoms with Crippen LogP contribution < -0.4 is 11.1 Å². The fourth-order valence-corrected chi connectivity index (χ4v) is 5.47. The van der Waals surface area contributed by atoms with Crippen molar-refractivity contribution in [1.29, 1.82) is 0 Å². The first-order valence-corrected chi connectivity index (χ1v) is 14.6. The maximum Gasteiger partial charge on any atom is 0.268 e. The SMILES string of the molecule is O=c1c2ccccc2nc(-c2ccccc2)n1-c1nc(-c2ccccc2)nc(-n2c(-c3ccccc3)nc3ccccc3c2=O)n1. The fraction of sp³-hybridized carbons (Fsp3) is 0. The van der Waals surface area contributed by atoms with Crippen molar-refractivity contribution in [3.63, 3.8) is 0 Å². The van der Waals surface area contributed by atoms with Gasteiger partial charge in [0.05, 0.1) is 21.8 Å². The molecule has 0 aliphatic carbocycles. The summed E-state index contributed by atoms with van der Waals surface area (Å²) >= 11 is 0. The van der Waals surface area contributed by atoms with Crippen LogP contribution in [0.4, 0.5) is 0 Å². The lowest BCUT2D eigenvalue weighted by molar-refractivity contribution is 0.810. The first-order chi connectivity index (χ1) is 22.7. The van der Waals surface area contributed by atoms with Gasteiger partial charge in [-0.05, 0) is 24.3 Å². The molecule has 0 N–H and O–H groups in total. The topological polar surface area (TPSA) is 108 Å². The largest absolute Gasteiger partial charge is 0.268 e. The van der Waals surface area contributed by atoms with E-state index in [-0.39, 0.29) is 28.8 Å². The molecule has 0 spiro atoms. The van der Waals surface area contributed by atoms with E-state index in [9.17, 15) is 9.59 Å². The molecule has 5 aromatic carbocycles. The van der Waals surface area contributed by atoms with Crippen LogP contribution >= 0.6 is 0 Å². The lowest BCUT2D eigenvalue weighted by Gasteiger charge is -2.16. The lowest BCUT2D eigenvalue weighted by Crippen LogP contribution is -2.28. The Morgan fingerprint density at radius 2 is 0.739 bits per heavy atom. The highest BCUT2D eigenvalue weighted by molar-refractivity contribution is 5.81. The van der Waals surface area contributed by atoms with Gasteiger partial charge in [-0.2, -0.15) is 15.0 Å². The predicted molar refractivity (Wildman–Crippen MR) is 178 cm³/mol. The Kier molecular flexibility index (Phi) is 6.54. The van der Waals surface area contributed by atoms with Gasteiger partial charge in [-0.25, -0.2) is 19.1 Å². The summed E-state index contributed by atoms with van der Waals surface area (Å²) in [5, 5.41) is 0.805. The Labute approximate surface area is 261 Å². The van der Waals surface area contributed by atoms with E-state index in [1.165, 1.54) is 9.13 Å². The molecule has 0 aliphatic heterocycles. The summed E-state index contributed by atoms with van der Waals surface area (Å²) < 4.78 is 2.77. The van der Waals surface area contributed by atoms with Crippen LogP contribution in [0, 0.1) is 0 Å². The number of aromatic nitrogens is 7. The molecule has 0 radical (unpaired) electrons. The molecule has 0 aliphatic rings. The number of hydrogen-bond donors (Lipinski definition) is 0. The summed E-state index contributed by atoms with van der Waals surface area (Å²) in [5.74, 6) is 1.02. The van der Waals surface area contributed by atoms with Gasteiger partial charge < -0.3 is 0 Å². The summed E-state index contributed by atoms with van der Waals surface area (Å²) in [7, 11) is 0. The predicted octanol–water partition coefficient (Wildman–Crippen LogP) is 6.27. The zero-order chi connectivity index (χ0) is 31.0. The van der Waals surface area contributed by atoms with Gasteiger partial charge in [-0.1, -0.05) is 115 Å². The minimum atomic E-state index is -0.354. The van der Waals surface area contributed by atoms with Gasteiger partial charge >= 0.3 is 0 Å². The summed E-state index contributed by atoms with van der Waals surface area (Å²) in [6, 6.07) is 42.5. The maximum absolute atomic E-state index is 14.3. The third-order valence-electron chi connectivity index (χ3n) is 7.66. The van der Waals surface area contributed by atoms with Crippen molar-refractivity contribution < 1.29 is 0 Å². The van der Waals surface area contributed by atoms with Gasteiger partial charge in [0.15, 0.2) is 17.5 Å². The monoisotopic (exact) mass is 597 g/mol. The van der Waals surface area contributed by atoms with Crippen LogP contribution in [0.2, 0.25) is 0 Å². The van der Waals surface area contributed by atoms with Crippen LogP contribution in [0.25, 0.3) is 67.9 Å². The van der Waals surface area contributed by atoms with E-state index >= 15 is 0 Å². The summed E-state index contributed by atoms with van der Waals surface area (Å²) in [6.07, 6.45) is 0. The Morgan fingerprint density at radius 3 is 1.17 bits per heavy atom. The van der Waals surface area contributed by atoms with Crippen molar-refractivity contribution in [3.8, 4) is 46.1 Å². The number of rotatable bonds is 5. The highest BCUT2D eigenvalue weighted by atomic mass is 16.1. The van der Waals surface area contributed by atoms with Gasteiger partial charge in [0, 0.05) is 16.7 Å². The number of benzene rings is 5. The standard InChI is InChI=1S/C37H23N7O2/c45-34-27-20-10-12-22-29(27)38-32(25-16-6-2-7-17-25)43(34)36-40-31(24-14-4-1-5-15-24)41-37(42-36)44-33(26-18-8-3-9-19-26)39-30-23-13-11-21-28(30)35(44)46/h1-23H. The summed E-state index contributed by atoms with van der Waals surface area (Å²) in [5.41, 5.74) is 2.45. The molecule has 8 aromatic rings. The second-order valence-corrected chi connectivity index (χ2v) is 10.5. The third kappa shape index (κ3) is 4.63. The summed E-state index contributed by atoms with van der Waals surface area (Å²) in [4.78, 5) is 52.8. The molecule has 8 rings (SSSR count). The molecule has 0 saturated heterocycles. The van der Waals surface area contributed by atoms with Crippen molar-refractivity contribution in [3.05, 3.63) is 160 Å². The third-order valence-corrected chi connectivity index (χ3v) is 7.66. The highest BCUT2D eigenvalue weighted by Crippen LogP contribution is 2.25. The van der Waals surface area contributed by atoms with Crippen molar-refractivity contribution in [2.24, 2.45) is 0 Å². The van der Waals surface area contributed by atoms with Crippen LogP contribution in [0.3, 0.4) is 0 Å². The van der Waals surface area contributed by atoms with E-state index in [0.717, 1.165) is 0 Å². The average Bonchev–Trinajstić information content (AvgIpc) is 3.12. The molecular formula is C37H23N7O2. The van der Waals surface area contributed by atoms with Crippen LogP contribution in [0.5, 0.6) is 0 Å². The number of nitrogens with zero attached hydrogens (tertiary/aromatic N) is 7. The fourth-order valence-electron chi connectivity index (χ4n) is 5.47. The van der Waals surface area contributed by atoms with Crippen molar-refractivity contribution in [1.82, 2.24) is 34.1 Å². The van der Waals surface area contributed by atoms with Gasteiger partial charge in [0.2, 0.25) is 11.9 Å². The molecule has 46 heavy (non-hydrogen) atoms. The van der Waals surface area contributed by atoms with Crippen LogP contribution in [-0.2, 0) is 0 Å². The zero-order valence-electron chi connectivity index (χ0n) is 24.2. The molecule has 3 heterocycles. The Hall–Kier alpha value is -6.61. The summed E-state index contributed by atoms with van der Waals surface area (Å²) in [6.45, 7) is 0. The molecule has 0 atom stereocenters. The van der Waals surface area contributed by atoms with Crippen molar-refractivity contribution in [2.75, 3.05) is 0 Å². The number of fused-ring (bicyclic) bond motifs is 2. The maximum atomic E-state index is 14.3. The number of para-hydroxylation sites is 2. The quantitative estimate of drug-likeness (QED) is 0.230. The minimum Gasteiger partial charge on any atom is -0.268 e. The first-order valence-electron chi connectivity index (χ1n) is 14.6. The molecule has 3 aromatic heterocycles. The molecule has 218 valence electrons. The molecule has 9 nitrogen and oxygen atoms in total. The van der Waals surface area contributed by atoms with E-state index in [0.29, 0.717) is 50.1 Å². The molecular weight excluding hydrogens is 574 g/mol. The van der Waals surface area contributed by atoms with Crippen LogP contribution in [0.15, 0.2) is 149 Å². The normalized spacial score (nSPS) is 11.2. The Morgan fingerprint density at radius 1 is 0.370 bits per heavy atom. The van der Waals surface area contributed by atoms with Crippen molar-refractivity contribution >= 4 is 21.8 Å². The van der Waals surface area contributed by atoms with Crippen molar-refractivity contribution in [2.45, 2.75) is 0 Å².